The number of rotatable bonds is 4. The Hall–Kier alpha value is -1.88. The van der Waals surface area contributed by atoms with E-state index < -0.39 is 0 Å². The molecule has 2 N–H and O–H groups in total. The molecule has 118 valence electrons. The van der Waals surface area contributed by atoms with Gasteiger partial charge in [0, 0.05) is 37.8 Å². The number of nitrogens with two attached hydrogens (primary N) is 1. The summed E-state index contributed by atoms with van der Waals surface area (Å²) >= 11 is 0. The van der Waals surface area contributed by atoms with Crippen molar-refractivity contribution in [1.82, 2.24) is 4.90 Å². The molecule has 2 saturated heterocycles. The van der Waals surface area contributed by atoms with E-state index in [1.54, 1.807) is 0 Å². The fourth-order valence-corrected chi connectivity index (χ4v) is 3.40. The Kier molecular flexibility index (Phi) is 4.43. The van der Waals surface area contributed by atoms with Crippen molar-refractivity contribution in [2.75, 3.05) is 24.5 Å². The van der Waals surface area contributed by atoms with Gasteiger partial charge in [-0.25, -0.2) is 0 Å². The van der Waals surface area contributed by atoms with Crippen molar-refractivity contribution >= 4 is 17.5 Å². The minimum Gasteiger partial charge on any atom is -0.338 e. The molecule has 3 rings (SSSR count). The standard InChI is InChI=1S/C17H23N3O2/c18-12-15-3-1-9-20(15)17(22)11-13-5-7-14(8-6-13)19-10-2-4-16(19)21/h5-8,15H,1-4,9-12,18H2/t15-/m0/s1. The Labute approximate surface area is 131 Å². The molecule has 0 bridgehead atoms. The number of likely N-dealkylation sites (tertiary alicyclic amines) is 1. The van der Waals surface area contributed by atoms with Crippen molar-refractivity contribution in [3.05, 3.63) is 29.8 Å². The van der Waals surface area contributed by atoms with Crippen molar-refractivity contribution in [3.63, 3.8) is 0 Å². The second kappa shape index (κ2) is 6.48. The third-order valence-corrected chi connectivity index (χ3v) is 4.65. The lowest BCUT2D eigenvalue weighted by Crippen LogP contribution is -2.40. The summed E-state index contributed by atoms with van der Waals surface area (Å²) in [6.07, 6.45) is 4.02. The molecular formula is C17H23N3O2. The number of nitrogens with zero attached hydrogens (tertiary/aromatic N) is 2. The summed E-state index contributed by atoms with van der Waals surface area (Å²) in [6, 6.07) is 7.99. The maximum absolute atomic E-state index is 12.4. The smallest absolute Gasteiger partial charge is 0.227 e. The summed E-state index contributed by atoms with van der Waals surface area (Å²) in [5, 5.41) is 0. The molecule has 22 heavy (non-hydrogen) atoms. The van der Waals surface area contributed by atoms with Crippen LogP contribution in [-0.4, -0.2) is 42.4 Å². The lowest BCUT2D eigenvalue weighted by molar-refractivity contribution is -0.131. The molecule has 0 unspecified atom stereocenters. The quantitative estimate of drug-likeness (QED) is 0.911. The van der Waals surface area contributed by atoms with Crippen LogP contribution in [0.25, 0.3) is 0 Å². The lowest BCUT2D eigenvalue weighted by Gasteiger charge is -2.23. The summed E-state index contributed by atoms with van der Waals surface area (Å²) in [6.45, 7) is 2.16. The van der Waals surface area contributed by atoms with Gasteiger partial charge in [0.1, 0.15) is 0 Å². The first-order valence-corrected chi connectivity index (χ1v) is 8.08. The van der Waals surface area contributed by atoms with Crippen LogP contribution in [0.3, 0.4) is 0 Å². The van der Waals surface area contributed by atoms with E-state index in [0.29, 0.717) is 19.4 Å². The van der Waals surface area contributed by atoms with Gasteiger partial charge in [-0.15, -0.1) is 0 Å². The summed E-state index contributed by atoms with van der Waals surface area (Å²) in [7, 11) is 0. The van der Waals surface area contributed by atoms with Gasteiger partial charge in [-0.2, -0.15) is 0 Å². The molecular weight excluding hydrogens is 278 g/mol. The minimum absolute atomic E-state index is 0.151. The molecule has 5 heteroatoms. The Morgan fingerprint density at radius 3 is 2.59 bits per heavy atom. The van der Waals surface area contributed by atoms with Gasteiger partial charge in [0.05, 0.1) is 6.42 Å². The molecule has 0 saturated carbocycles. The lowest BCUT2D eigenvalue weighted by atomic mass is 10.1. The third kappa shape index (κ3) is 2.99. The zero-order chi connectivity index (χ0) is 15.5. The monoisotopic (exact) mass is 301 g/mol. The highest BCUT2D eigenvalue weighted by molar-refractivity contribution is 5.95. The fraction of sp³-hybridized carbons (Fsp3) is 0.529. The number of hydrogen-bond donors (Lipinski definition) is 1. The number of anilines is 1. The van der Waals surface area contributed by atoms with Crippen molar-refractivity contribution in [1.29, 1.82) is 0 Å². The van der Waals surface area contributed by atoms with Gasteiger partial charge in [-0.3, -0.25) is 9.59 Å². The number of hydrogen-bond acceptors (Lipinski definition) is 3. The molecule has 0 radical (unpaired) electrons. The van der Waals surface area contributed by atoms with Gasteiger partial charge < -0.3 is 15.5 Å². The zero-order valence-corrected chi connectivity index (χ0v) is 12.8. The molecule has 1 aromatic rings. The Bertz CT molecular complexity index is 556. The molecule has 5 nitrogen and oxygen atoms in total. The summed E-state index contributed by atoms with van der Waals surface area (Å²) in [5.74, 6) is 0.338. The SMILES string of the molecule is NC[C@@H]1CCCN1C(=O)Cc1ccc(N2CCCC2=O)cc1. The van der Waals surface area contributed by atoms with Crippen molar-refractivity contribution < 1.29 is 9.59 Å². The second-order valence-corrected chi connectivity index (χ2v) is 6.11. The molecule has 1 aromatic carbocycles. The van der Waals surface area contributed by atoms with Crippen LogP contribution in [0.4, 0.5) is 5.69 Å². The molecule has 2 fully saturated rings. The summed E-state index contributed by atoms with van der Waals surface area (Å²) in [4.78, 5) is 27.8. The van der Waals surface area contributed by atoms with E-state index in [9.17, 15) is 9.59 Å². The van der Waals surface area contributed by atoms with Gasteiger partial charge in [-0.05, 0) is 37.0 Å². The van der Waals surface area contributed by atoms with Gasteiger partial charge in [-0.1, -0.05) is 12.1 Å². The van der Waals surface area contributed by atoms with E-state index in [4.69, 9.17) is 5.73 Å². The average molecular weight is 301 g/mol. The van der Waals surface area contributed by atoms with Gasteiger partial charge in [0.15, 0.2) is 0 Å². The van der Waals surface area contributed by atoms with E-state index >= 15 is 0 Å². The maximum atomic E-state index is 12.4. The number of amides is 2. The third-order valence-electron chi connectivity index (χ3n) is 4.65. The van der Waals surface area contributed by atoms with Crippen molar-refractivity contribution in [3.8, 4) is 0 Å². The van der Waals surface area contributed by atoms with Crippen molar-refractivity contribution in [2.45, 2.75) is 38.1 Å². The molecule has 2 aliphatic heterocycles. The van der Waals surface area contributed by atoms with Crippen LogP contribution in [0.15, 0.2) is 24.3 Å². The maximum Gasteiger partial charge on any atom is 0.227 e. The molecule has 0 aliphatic carbocycles. The van der Waals surface area contributed by atoms with Crippen LogP contribution in [0.5, 0.6) is 0 Å². The largest absolute Gasteiger partial charge is 0.338 e. The van der Waals surface area contributed by atoms with Crippen LogP contribution in [-0.2, 0) is 16.0 Å². The predicted molar refractivity (Wildman–Crippen MR) is 85.5 cm³/mol. The zero-order valence-electron chi connectivity index (χ0n) is 12.8. The average Bonchev–Trinajstić information content (AvgIpc) is 3.16. The first kappa shape index (κ1) is 15.0. The van der Waals surface area contributed by atoms with Crippen LogP contribution < -0.4 is 10.6 Å². The van der Waals surface area contributed by atoms with Gasteiger partial charge in [0.25, 0.3) is 0 Å². The highest BCUT2D eigenvalue weighted by Crippen LogP contribution is 2.22. The highest BCUT2D eigenvalue weighted by Gasteiger charge is 2.27. The molecule has 2 aliphatic rings. The fourth-order valence-electron chi connectivity index (χ4n) is 3.40. The van der Waals surface area contributed by atoms with Gasteiger partial charge >= 0.3 is 0 Å². The first-order valence-electron chi connectivity index (χ1n) is 8.08. The van der Waals surface area contributed by atoms with E-state index in [1.807, 2.05) is 34.1 Å². The number of carbonyl (C=O) groups is 2. The molecule has 0 aromatic heterocycles. The predicted octanol–water partition coefficient (Wildman–Crippen LogP) is 1.31. The molecule has 2 amide bonds. The molecule has 0 spiro atoms. The number of carbonyl (C=O) groups excluding carboxylic acids is 2. The van der Waals surface area contributed by atoms with E-state index in [0.717, 1.165) is 43.6 Å². The van der Waals surface area contributed by atoms with Crippen LogP contribution in [0.1, 0.15) is 31.2 Å². The Morgan fingerprint density at radius 1 is 1.18 bits per heavy atom. The highest BCUT2D eigenvalue weighted by atomic mass is 16.2. The topological polar surface area (TPSA) is 66.6 Å². The molecule has 1 atom stereocenters. The van der Waals surface area contributed by atoms with E-state index in [1.165, 1.54) is 0 Å². The summed E-state index contributed by atoms with van der Waals surface area (Å²) in [5.41, 5.74) is 7.65. The second-order valence-electron chi connectivity index (χ2n) is 6.11. The first-order chi connectivity index (χ1) is 10.7. The van der Waals surface area contributed by atoms with Crippen LogP contribution in [0.2, 0.25) is 0 Å². The summed E-state index contributed by atoms with van der Waals surface area (Å²) < 4.78 is 0. The van der Waals surface area contributed by atoms with Gasteiger partial charge in [0.2, 0.25) is 11.8 Å². The van der Waals surface area contributed by atoms with Crippen LogP contribution >= 0.6 is 0 Å². The normalized spacial score (nSPS) is 21.7. The minimum atomic E-state index is 0.151. The van der Waals surface area contributed by atoms with E-state index in [2.05, 4.69) is 0 Å². The molecule has 2 heterocycles. The Balaban J connectivity index is 1.63. The van der Waals surface area contributed by atoms with Crippen LogP contribution in [0, 0.1) is 0 Å². The van der Waals surface area contributed by atoms with Crippen molar-refractivity contribution in [2.24, 2.45) is 5.73 Å². The number of benzene rings is 1. The van der Waals surface area contributed by atoms with E-state index in [-0.39, 0.29) is 17.9 Å². The Morgan fingerprint density at radius 2 is 1.95 bits per heavy atom.